The monoisotopic (exact) mass is 1080 g/mol. The van der Waals surface area contributed by atoms with E-state index in [0.29, 0.717) is 11.1 Å². The van der Waals surface area contributed by atoms with Crippen LogP contribution in [0.25, 0.3) is 0 Å². The number of carbonyl (C=O) groups is 8. The molecule has 0 spiro atoms. The number of amides is 7. The molecule has 2 aromatic carbocycles. The van der Waals surface area contributed by atoms with Crippen LogP contribution in [0, 0.1) is 17.8 Å². The largest absolute Gasteiger partial charge is 0.508 e. The number of nitrogens with zero attached hydrogens (tertiary/aromatic N) is 1. The van der Waals surface area contributed by atoms with Gasteiger partial charge in [0.15, 0.2) is 0 Å². The van der Waals surface area contributed by atoms with Crippen LogP contribution in [0.4, 0.5) is 0 Å². The number of esters is 1. The maximum Gasteiger partial charge on any atom is 0.329 e. The van der Waals surface area contributed by atoms with E-state index >= 15 is 0 Å². The average Bonchev–Trinajstić information content (AvgIpc) is 3.37. The number of carbonyl (C=O) groups excluding carboxylic acids is 8. The Morgan fingerprint density at radius 3 is 1.83 bits per heavy atom. The van der Waals surface area contributed by atoms with Crippen LogP contribution in [0.3, 0.4) is 0 Å². The Bertz CT molecular complexity index is 2310. The van der Waals surface area contributed by atoms with Crippen LogP contribution < -0.4 is 31.9 Å². The van der Waals surface area contributed by atoms with Gasteiger partial charge in [0.2, 0.25) is 41.4 Å². The van der Waals surface area contributed by atoms with E-state index in [0.717, 1.165) is 38.2 Å². The van der Waals surface area contributed by atoms with Gasteiger partial charge in [0.25, 0.3) is 0 Å². The third kappa shape index (κ3) is 22.3. The molecule has 9 atom stereocenters. The third-order valence-electron chi connectivity index (χ3n) is 13.1. The highest BCUT2D eigenvalue weighted by molar-refractivity contribution is 5.95. The molecule has 1 aliphatic rings. The Kier molecular flexibility index (Phi) is 27.3. The second-order valence-corrected chi connectivity index (χ2v) is 20.7. The zero-order valence-corrected chi connectivity index (χ0v) is 45.7. The lowest BCUT2D eigenvalue weighted by Crippen LogP contribution is -2.57. The number of cyclic esters (lactones) is 1. The zero-order chi connectivity index (χ0) is 57.4. The van der Waals surface area contributed by atoms with E-state index in [1.165, 1.54) is 42.3 Å². The number of ether oxygens (including phenoxy) is 1. The number of benzene rings is 2. The first-order chi connectivity index (χ1) is 36.4. The Hall–Kier alpha value is -6.84. The van der Waals surface area contributed by atoms with Crippen LogP contribution in [0.1, 0.15) is 111 Å². The Labute approximate surface area is 452 Å². The summed E-state index contributed by atoms with van der Waals surface area (Å²) in [5.41, 5.74) is 1.27. The zero-order valence-electron chi connectivity index (χ0n) is 45.7. The van der Waals surface area contributed by atoms with Crippen LogP contribution >= 0.6 is 0 Å². The summed E-state index contributed by atoms with van der Waals surface area (Å²) >= 11 is 0. The van der Waals surface area contributed by atoms with E-state index in [1.807, 2.05) is 6.08 Å². The molecule has 0 aromatic heterocycles. The smallest absolute Gasteiger partial charge is 0.329 e. The van der Waals surface area contributed by atoms with E-state index in [9.17, 15) is 63.9 Å². The Balaban J connectivity index is 1.68. The first-order valence-electron chi connectivity index (χ1n) is 26.5. The second kappa shape index (κ2) is 32.7. The van der Waals surface area contributed by atoms with Gasteiger partial charge in [0.05, 0.1) is 49.8 Å². The molecule has 0 radical (unpaired) electrons. The SMILES string of the molecule is CCCCCC/C=C\CC(=O)N[C@@H](Cc1ccc(O)cc1)[C@@H](O)CC(=O)N[C@H](C(=O)N[C@@H](CO)[C@@H](O)CC(=O)N[C@H](C(=O)N[C@@H]1/C=C\C(=O)N[C@@H](C(C)C)C(=O)N(C)[C@@H](Cc2ccc(O)cc2)C(=O)OC1)C(C)C)C(C)C. The van der Waals surface area contributed by atoms with E-state index < -0.39 is 140 Å². The lowest BCUT2D eigenvalue weighted by Gasteiger charge is -2.32. The number of aromatic hydroxyl groups is 2. The van der Waals surface area contributed by atoms with Crippen molar-refractivity contribution < 1.29 is 68.6 Å². The number of phenolic OH excluding ortho intramolecular Hbond substituents is 2. The summed E-state index contributed by atoms with van der Waals surface area (Å²) < 4.78 is 5.65. The van der Waals surface area contributed by atoms with Gasteiger partial charge >= 0.3 is 5.97 Å². The molecular weight excluding hydrogens is 995 g/mol. The minimum Gasteiger partial charge on any atom is -0.508 e. The third-order valence-corrected chi connectivity index (χ3v) is 13.1. The quantitative estimate of drug-likeness (QED) is 0.0331. The van der Waals surface area contributed by atoms with Gasteiger partial charge in [-0.1, -0.05) is 110 Å². The number of allylic oxidation sites excluding steroid dienone is 1. The summed E-state index contributed by atoms with van der Waals surface area (Å²) in [6, 6.07) is 4.03. The number of nitrogens with one attached hydrogen (secondary N) is 6. The van der Waals surface area contributed by atoms with Gasteiger partial charge in [0, 0.05) is 26.0 Å². The summed E-state index contributed by atoms with van der Waals surface area (Å²) in [7, 11) is 1.41. The molecule has 0 bridgehead atoms. The molecule has 1 heterocycles. The second-order valence-electron chi connectivity index (χ2n) is 20.7. The highest BCUT2D eigenvalue weighted by atomic mass is 16.5. The molecule has 21 nitrogen and oxygen atoms in total. The fraction of sp³-hybridized carbons (Fsp3) is 0.571. The molecule has 0 saturated heterocycles. The van der Waals surface area contributed by atoms with Crippen LogP contribution in [-0.2, 0) is 55.9 Å². The molecule has 11 N–H and O–H groups in total. The van der Waals surface area contributed by atoms with E-state index in [1.54, 1.807) is 71.9 Å². The molecule has 3 rings (SSSR count). The lowest BCUT2D eigenvalue weighted by atomic mass is 9.97. The maximum atomic E-state index is 13.9. The van der Waals surface area contributed by atoms with E-state index in [4.69, 9.17) is 4.74 Å². The topological polar surface area (TPSA) is 322 Å². The minimum absolute atomic E-state index is 0.00151. The van der Waals surface area contributed by atoms with Crippen molar-refractivity contribution in [3.63, 3.8) is 0 Å². The van der Waals surface area contributed by atoms with Crippen molar-refractivity contribution in [1.82, 2.24) is 36.8 Å². The van der Waals surface area contributed by atoms with Crippen molar-refractivity contribution in [2.24, 2.45) is 17.8 Å². The summed E-state index contributed by atoms with van der Waals surface area (Å²) in [6.07, 6.45) is 7.05. The van der Waals surface area contributed by atoms with Crippen molar-refractivity contribution in [1.29, 1.82) is 0 Å². The minimum atomic E-state index is -1.70. The number of hydrogen-bond acceptors (Lipinski definition) is 14. The van der Waals surface area contributed by atoms with Crippen LogP contribution in [0.15, 0.2) is 72.8 Å². The molecule has 2 aromatic rings. The molecule has 1 aliphatic heterocycles. The highest BCUT2D eigenvalue weighted by Gasteiger charge is 2.37. The summed E-state index contributed by atoms with van der Waals surface area (Å²) in [6.45, 7) is 10.8. The van der Waals surface area contributed by atoms with Crippen molar-refractivity contribution >= 4 is 47.3 Å². The molecule has 77 heavy (non-hydrogen) atoms. The predicted octanol–water partition coefficient (Wildman–Crippen LogP) is 2.11. The number of rotatable bonds is 28. The van der Waals surface area contributed by atoms with E-state index in [2.05, 4.69) is 38.8 Å². The van der Waals surface area contributed by atoms with Crippen molar-refractivity contribution in [3.8, 4) is 11.5 Å². The van der Waals surface area contributed by atoms with Gasteiger partial charge in [0.1, 0.15) is 42.3 Å². The van der Waals surface area contributed by atoms with Gasteiger partial charge in [-0.2, -0.15) is 0 Å². The lowest BCUT2D eigenvalue weighted by molar-refractivity contribution is -0.156. The first-order valence-corrected chi connectivity index (χ1v) is 26.5. The van der Waals surface area contributed by atoms with Crippen molar-refractivity contribution in [2.75, 3.05) is 20.3 Å². The predicted molar refractivity (Wildman–Crippen MR) is 287 cm³/mol. The average molecular weight is 1080 g/mol. The number of phenols is 2. The van der Waals surface area contributed by atoms with Gasteiger partial charge in [-0.25, -0.2) is 4.79 Å². The number of likely N-dealkylation sites (N-methyl/N-ethyl adjacent to an activating group) is 1. The molecule has 21 heteroatoms. The maximum absolute atomic E-state index is 13.9. The molecule has 426 valence electrons. The van der Waals surface area contributed by atoms with Gasteiger partial charge in [-0.05, 0) is 72.4 Å². The Morgan fingerprint density at radius 2 is 1.29 bits per heavy atom. The van der Waals surface area contributed by atoms with Crippen LogP contribution in [-0.4, -0.2) is 153 Å². The number of aliphatic hydroxyl groups excluding tert-OH is 3. The van der Waals surface area contributed by atoms with Crippen LogP contribution in [0.5, 0.6) is 11.5 Å². The molecule has 0 fully saturated rings. The summed E-state index contributed by atoms with van der Waals surface area (Å²) in [5, 5.41) is 68.2. The molecule has 7 amide bonds. The van der Waals surface area contributed by atoms with Crippen molar-refractivity contribution in [2.45, 2.75) is 167 Å². The molecule has 0 unspecified atom stereocenters. The summed E-state index contributed by atoms with van der Waals surface area (Å²) in [5.74, 6) is -7.04. The highest BCUT2D eigenvalue weighted by Crippen LogP contribution is 2.19. The normalized spacial score (nSPS) is 19.2. The summed E-state index contributed by atoms with van der Waals surface area (Å²) in [4.78, 5) is 109. The molecule has 0 aliphatic carbocycles. The number of aliphatic hydroxyl groups is 3. The van der Waals surface area contributed by atoms with Gasteiger partial charge in [-0.3, -0.25) is 33.6 Å². The van der Waals surface area contributed by atoms with Crippen LogP contribution in [0.2, 0.25) is 0 Å². The first kappa shape index (κ1) is 64.4. The fourth-order valence-corrected chi connectivity index (χ4v) is 8.38. The number of hydrogen-bond donors (Lipinski definition) is 11. The van der Waals surface area contributed by atoms with Gasteiger partial charge in [-0.15, -0.1) is 0 Å². The fourth-order valence-electron chi connectivity index (χ4n) is 8.38. The Morgan fingerprint density at radius 1 is 0.727 bits per heavy atom. The van der Waals surface area contributed by atoms with Gasteiger partial charge < -0.3 is 67.1 Å². The standard InChI is InChI=1S/C56H83N7O14/c1-9-10-11-12-13-14-15-16-46(69)58-41(27-36-17-22-39(65)23-18-36)44(67)29-48(71)62-51(34(4)5)54(74)59-42(31-64)45(68)30-49(72)61-50(33(2)3)53(73)57-38-21-26-47(70)60-52(35(6)7)55(75)63(8)43(56(76)77-32-38)28-37-19-24-40(66)25-20-37/h14-15,17-26,33-35,38,41-45,50-52,64-68H,9-13,16,27-32H2,1-8H3,(H,57,73)(H,58,69)(H,59,74)(H,60,70)(H,61,72)(H,62,71)/b15-14-,26-21-/t38-,41+,42+,43+,44+,45+,50+,51+,52+/m1/s1. The molecular formula is C56H83N7O14. The van der Waals surface area contributed by atoms with Crippen molar-refractivity contribution in [3.05, 3.63) is 84.0 Å². The van der Waals surface area contributed by atoms with E-state index in [-0.39, 0.29) is 36.7 Å². The number of unbranched alkanes of at least 4 members (excludes halogenated alkanes) is 4. The molecule has 0 saturated carbocycles.